The summed E-state index contributed by atoms with van der Waals surface area (Å²) in [6.07, 6.45) is 0. The number of Topliss-reactive ketones (excluding diaryl/α,β-unsaturated/α-hetero) is 1. The van der Waals surface area contributed by atoms with E-state index in [0.717, 1.165) is 15.6 Å². The van der Waals surface area contributed by atoms with Crippen LogP contribution in [0.15, 0.2) is 71.2 Å². The summed E-state index contributed by atoms with van der Waals surface area (Å²) in [5.74, 6) is -1.53. The molecule has 160 valence electrons. The van der Waals surface area contributed by atoms with Gasteiger partial charge in [0.1, 0.15) is 5.82 Å². The lowest BCUT2D eigenvalue weighted by molar-refractivity contribution is 0.0476. The van der Waals surface area contributed by atoms with E-state index in [1.54, 1.807) is 18.2 Å². The zero-order chi connectivity index (χ0) is 22.8. The zero-order valence-electron chi connectivity index (χ0n) is 16.9. The maximum Gasteiger partial charge on any atom is 0.339 e. The first-order valence-electron chi connectivity index (χ1n) is 9.65. The van der Waals surface area contributed by atoms with Gasteiger partial charge in [-0.3, -0.25) is 4.79 Å². The van der Waals surface area contributed by atoms with Gasteiger partial charge in [0.05, 0.1) is 16.8 Å². The molecule has 0 saturated heterocycles. The predicted octanol–water partition coefficient (Wildman–Crippen LogP) is 6.80. The van der Waals surface area contributed by atoms with Gasteiger partial charge in [-0.05, 0) is 61.0 Å². The van der Waals surface area contributed by atoms with Crippen LogP contribution in [-0.4, -0.2) is 23.3 Å². The minimum atomic E-state index is -0.659. The van der Waals surface area contributed by atoms with Gasteiger partial charge in [-0.2, -0.15) is 0 Å². The van der Waals surface area contributed by atoms with Gasteiger partial charge in [0.15, 0.2) is 12.4 Å². The molecule has 4 nitrogen and oxygen atoms in total. The van der Waals surface area contributed by atoms with Crippen LogP contribution in [0.5, 0.6) is 0 Å². The maximum absolute atomic E-state index is 13.1. The summed E-state index contributed by atoms with van der Waals surface area (Å²) < 4.78 is 19.3. The molecule has 1 heterocycles. The Hall–Kier alpha value is -3.09. The molecule has 0 aliphatic rings. The van der Waals surface area contributed by atoms with Crippen LogP contribution in [0.25, 0.3) is 22.2 Å². The van der Waals surface area contributed by atoms with Crippen molar-refractivity contribution in [3.8, 4) is 11.3 Å². The summed E-state index contributed by atoms with van der Waals surface area (Å²) in [7, 11) is 0. The van der Waals surface area contributed by atoms with Crippen molar-refractivity contribution in [2.45, 2.75) is 6.92 Å². The summed E-state index contributed by atoms with van der Waals surface area (Å²) in [6.45, 7) is 1.37. The number of carbonyl (C=O) groups excluding carboxylic acids is 2. The average molecular weight is 513 g/mol. The standard InChI is InChI=1S/C25H16BrClFNO3/c1-14-21(27)11-10-19-20(12-22(29-24(14)19)15-2-6-17(26)7-3-15)25(31)32-13-23(30)16-4-8-18(28)9-5-16/h2-12H,13H2,1H3. The van der Waals surface area contributed by atoms with Crippen molar-refractivity contribution >= 4 is 50.2 Å². The Morgan fingerprint density at radius 1 is 1.03 bits per heavy atom. The highest BCUT2D eigenvalue weighted by Gasteiger charge is 2.19. The molecule has 0 amide bonds. The second-order valence-electron chi connectivity index (χ2n) is 7.14. The molecule has 32 heavy (non-hydrogen) atoms. The molecule has 3 aromatic carbocycles. The Morgan fingerprint density at radius 2 is 1.72 bits per heavy atom. The van der Waals surface area contributed by atoms with Crippen molar-refractivity contribution in [1.29, 1.82) is 0 Å². The third-order valence-electron chi connectivity index (χ3n) is 5.03. The summed E-state index contributed by atoms with van der Waals surface area (Å²) in [6, 6.07) is 17.6. The van der Waals surface area contributed by atoms with E-state index in [1.165, 1.54) is 24.3 Å². The van der Waals surface area contributed by atoms with Crippen molar-refractivity contribution < 1.29 is 18.7 Å². The average Bonchev–Trinajstić information content (AvgIpc) is 2.80. The van der Waals surface area contributed by atoms with E-state index in [1.807, 2.05) is 31.2 Å². The molecule has 0 N–H and O–H groups in total. The minimum Gasteiger partial charge on any atom is -0.454 e. The van der Waals surface area contributed by atoms with E-state index in [2.05, 4.69) is 15.9 Å². The smallest absolute Gasteiger partial charge is 0.339 e. The quantitative estimate of drug-likeness (QED) is 0.218. The fourth-order valence-electron chi connectivity index (χ4n) is 3.27. The van der Waals surface area contributed by atoms with Gasteiger partial charge in [-0.25, -0.2) is 14.2 Å². The number of nitrogens with zero attached hydrogens (tertiary/aromatic N) is 1. The Labute approximate surface area is 197 Å². The molecule has 0 spiro atoms. The molecule has 0 bridgehead atoms. The molecule has 0 saturated carbocycles. The Balaban J connectivity index is 1.70. The molecular formula is C25H16BrClFNO3. The van der Waals surface area contributed by atoms with Gasteiger partial charge in [0.25, 0.3) is 0 Å². The number of halogens is 3. The van der Waals surface area contributed by atoms with Crippen LogP contribution in [0.2, 0.25) is 5.02 Å². The van der Waals surface area contributed by atoms with Gasteiger partial charge in [-0.1, -0.05) is 45.7 Å². The first-order chi connectivity index (χ1) is 15.3. The summed E-state index contributed by atoms with van der Waals surface area (Å²) >= 11 is 9.70. The van der Waals surface area contributed by atoms with E-state index < -0.39 is 24.2 Å². The topological polar surface area (TPSA) is 56.3 Å². The Morgan fingerprint density at radius 3 is 2.41 bits per heavy atom. The third-order valence-corrected chi connectivity index (χ3v) is 5.97. The summed E-state index contributed by atoms with van der Waals surface area (Å²) in [4.78, 5) is 30.0. The summed E-state index contributed by atoms with van der Waals surface area (Å²) in [5.41, 5.74) is 3.24. The van der Waals surface area contributed by atoms with E-state index in [9.17, 15) is 14.0 Å². The molecule has 7 heteroatoms. The van der Waals surface area contributed by atoms with E-state index in [-0.39, 0.29) is 11.1 Å². The summed E-state index contributed by atoms with van der Waals surface area (Å²) in [5, 5.41) is 1.11. The van der Waals surface area contributed by atoms with Crippen LogP contribution >= 0.6 is 27.5 Å². The predicted molar refractivity (Wildman–Crippen MR) is 126 cm³/mol. The van der Waals surface area contributed by atoms with Gasteiger partial charge in [0, 0.05) is 26.0 Å². The van der Waals surface area contributed by atoms with Crippen molar-refractivity contribution in [1.82, 2.24) is 4.98 Å². The van der Waals surface area contributed by atoms with Crippen molar-refractivity contribution in [3.05, 3.63) is 98.7 Å². The molecule has 0 aliphatic carbocycles. The van der Waals surface area contributed by atoms with E-state index in [0.29, 0.717) is 21.6 Å². The van der Waals surface area contributed by atoms with Crippen LogP contribution in [0.4, 0.5) is 4.39 Å². The van der Waals surface area contributed by atoms with E-state index in [4.69, 9.17) is 21.3 Å². The van der Waals surface area contributed by atoms with Gasteiger partial charge in [0.2, 0.25) is 0 Å². The van der Waals surface area contributed by atoms with Crippen LogP contribution in [0.1, 0.15) is 26.3 Å². The number of carbonyl (C=O) groups is 2. The molecule has 0 atom stereocenters. The Bertz CT molecular complexity index is 1340. The lowest BCUT2D eigenvalue weighted by Crippen LogP contribution is -2.15. The fourth-order valence-corrected chi connectivity index (χ4v) is 3.69. The normalized spacial score (nSPS) is 10.9. The molecule has 0 radical (unpaired) electrons. The minimum absolute atomic E-state index is 0.261. The number of fused-ring (bicyclic) bond motifs is 1. The number of pyridine rings is 1. The lowest BCUT2D eigenvalue weighted by Gasteiger charge is -2.12. The fraction of sp³-hybridized carbons (Fsp3) is 0.0800. The number of ketones is 1. The second-order valence-corrected chi connectivity index (χ2v) is 8.46. The number of benzene rings is 3. The zero-order valence-corrected chi connectivity index (χ0v) is 19.2. The number of aryl methyl sites for hydroxylation is 1. The highest BCUT2D eigenvalue weighted by Crippen LogP contribution is 2.31. The molecule has 0 aliphatic heterocycles. The molecule has 4 aromatic rings. The van der Waals surface area contributed by atoms with Gasteiger partial charge >= 0.3 is 5.97 Å². The first-order valence-corrected chi connectivity index (χ1v) is 10.8. The monoisotopic (exact) mass is 511 g/mol. The molecule has 0 unspecified atom stereocenters. The number of ether oxygens (including phenoxy) is 1. The second kappa shape index (κ2) is 9.18. The number of rotatable bonds is 5. The first kappa shape index (κ1) is 22.1. The van der Waals surface area contributed by atoms with Gasteiger partial charge in [-0.15, -0.1) is 0 Å². The maximum atomic E-state index is 13.1. The highest BCUT2D eigenvalue weighted by atomic mass is 79.9. The van der Waals surface area contributed by atoms with Crippen molar-refractivity contribution in [2.24, 2.45) is 0 Å². The van der Waals surface area contributed by atoms with Crippen LogP contribution < -0.4 is 0 Å². The number of aromatic nitrogens is 1. The molecule has 1 aromatic heterocycles. The third kappa shape index (κ3) is 4.56. The van der Waals surface area contributed by atoms with Crippen LogP contribution in [0.3, 0.4) is 0 Å². The van der Waals surface area contributed by atoms with Gasteiger partial charge < -0.3 is 4.74 Å². The number of esters is 1. The largest absolute Gasteiger partial charge is 0.454 e. The van der Waals surface area contributed by atoms with Crippen LogP contribution in [-0.2, 0) is 4.74 Å². The Kier molecular flexibility index (Phi) is 6.35. The van der Waals surface area contributed by atoms with E-state index >= 15 is 0 Å². The molecule has 0 fully saturated rings. The molecular weight excluding hydrogens is 497 g/mol. The van der Waals surface area contributed by atoms with Crippen molar-refractivity contribution in [2.75, 3.05) is 6.61 Å². The number of hydrogen-bond donors (Lipinski definition) is 0. The number of hydrogen-bond acceptors (Lipinski definition) is 4. The lowest BCUT2D eigenvalue weighted by atomic mass is 10.0. The van der Waals surface area contributed by atoms with Crippen LogP contribution in [0, 0.1) is 12.7 Å². The highest BCUT2D eigenvalue weighted by molar-refractivity contribution is 9.10. The van der Waals surface area contributed by atoms with Crippen molar-refractivity contribution in [3.63, 3.8) is 0 Å². The molecule has 4 rings (SSSR count). The SMILES string of the molecule is Cc1c(Cl)ccc2c(C(=O)OCC(=O)c3ccc(F)cc3)cc(-c3ccc(Br)cc3)nc12.